The molecule has 0 aliphatic carbocycles. The minimum Gasteiger partial charge on any atom is -0.410 e. The van der Waals surface area contributed by atoms with Gasteiger partial charge in [-0.05, 0) is 18.4 Å². The summed E-state index contributed by atoms with van der Waals surface area (Å²) in [6.07, 6.45) is 0. The Balaban J connectivity index is 1.78. The molecule has 1 unspecified atom stereocenters. The number of anilines is 2. The van der Waals surface area contributed by atoms with E-state index in [9.17, 15) is 0 Å². The predicted octanol–water partition coefficient (Wildman–Crippen LogP) is 2.48. The van der Waals surface area contributed by atoms with Crippen LogP contribution in [0.5, 0.6) is 0 Å². The van der Waals surface area contributed by atoms with Crippen molar-refractivity contribution in [3.05, 3.63) is 23.3 Å². The zero-order valence-electron chi connectivity index (χ0n) is 12.8. The van der Waals surface area contributed by atoms with Crippen molar-refractivity contribution in [2.24, 2.45) is 0 Å². The molecule has 8 nitrogen and oxygen atoms in total. The Morgan fingerprint density at radius 1 is 1.26 bits per heavy atom. The van der Waals surface area contributed by atoms with Gasteiger partial charge in [0.1, 0.15) is 5.82 Å². The molecular formula is C13H15N7OS2. The molecule has 0 saturated heterocycles. The normalized spacial score (nSPS) is 12.3. The van der Waals surface area contributed by atoms with Crippen molar-refractivity contribution < 1.29 is 4.42 Å². The van der Waals surface area contributed by atoms with E-state index < -0.39 is 0 Å². The highest BCUT2D eigenvalue weighted by Gasteiger charge is 2.18. The van der Waals surface area contributed by atoms with Crippen molar-refractivity contribution in [2.45, 2.75) is 17.4 Å². The molecule has 2 N–H and O–H groups in total. The molecule has 0 radical (unpaired) electrons. The number of hydrogen-bond donors (Lipinski definition) is 1. The maximum atomic E-state index is 5.75. The third-order valence-electron chi connectivity index (χ3n) is 2.84. The van der Waals surface area contributed by atoms with E-state index in [2.05, 4.69) is 25.1 Å². The Bertz CT molecular complexity index is 787. The summed E-state index contributed by atoms with van der Waals surface area (Å²) in [7, 11) is 3.70. The van der Waals surface area contributed by atoms with Crippen LogP contribution in [0.2, 0.25) is 0 Å². The van der Waals surface area contributed by atoms with Crippen LogP contribution < -0.4 is 10.6 Å². The fourth-order valence-electron chi connectivity index (χ4n) is 1.74. The highest BCUT2D eigenvalue weighted by Crippen LogP contribution is 2.34. The van der Waals surface area contributed by atoms with Gasteiger partial charge in [0.2, 0.25) is 11.9 Å². The first kappa shape index (κ1) is 15.7. The van der Waals surface area contributed by atoms with E-state index in [-0.39, 0.29) is 11.2 Å². The largest absolute Gasteiger partial charge is 0.410 e. The lowest BCUT2D eigenvalue weighted by atomic mass is 10.4. The van der Waals surface area contributed by atoms with Crippen molar-refractivity contribution >= 4 is 35.0 Å². The smallest absolute Gasteiger partial charge is 0.277 e. The number of hydrogen-bond acceptors (Lipinski definition) is 10. The minimum absolute atomic E-state index is 0.101. The second-order valence-electron chi connectivity index (χ2n) is 4.86. The van der Waals surface area contributed by atoms with Crippen LogP contribution in [-0.2, 0) is 0 Å². The lowest BCUT2D eigenvalue weighted by Gasteiger charge is -2.13. The van der Waals surface area contributed by atoms with Gasteiger partial charge in [0.25, 0.3) is 11.1 Å². The lowest BCUT2D eigenvalue weighted by Crippen LogP contribution is -2.16. The van der Waals surface area contributed by atoms with E-state index in [1.54, 1.807) is 16.2 Å². The average Bonchev–Trinajstić information content (AvgIpc) is 3.17. The zero-order chi connectivity index (χ0) is 16.4. The maximum Gasteiger partial charge on any atom is 0.277 e. The Hall–Kier alpha value is -2.20. The van der Waals surface area contributed by atoms with Crippen LogP contribution in [0.15, 0.2) is 27.2 Å². The van der Waals surface area contributed by atoms with Crippen LogP contribution >= 0.6 is 23.1 Å². The van der Waals surface area contributed by atoms with Gasteiger partial charge in [0, 0.05) is 14.1 Å². The van der Waals surface area contributed by atoms with Gasteiger partial charge in [-0.15, -0.1) is 21.5 Å². The van der Waals surface area contributed by atoms with E-state index in [1.807, 2.05) is 38.5 Å². The standard InChI is InChI=1S/C13H15N7OS2/c1-7(9-15-11(14)17-12(16-9)20(2)3)23-13-19-18-10(21-13)8-5-4-6-22-8/h4-7H,1-3H3,(H2,14,15,16,17). The van der Waals surface area contributed by atoms with Gasteiger partial charge in [-0.25, -0.2) is 0 Å². The molecule has 1 atom stereocenters. The first-order valence-corrected chi connectivity index (χ1v) is 8.51. The molecule has 0 fully saturated rings. The number of nitrogen functional groups attached to an aromatic ring is 1. The van der Waals surface area contributed by atoms with Crippen molar-refractivity contribution in [2.75, 3.05) is 24.7 Å². The summed E-state index contributed by atoms with van der Waals surface area (Å²) in [6.45, 7) is 1.95. The number of rotatable bonds is 5. The van der Waals surface area contributed by atoms with Gasteiger partial charge in [0.05, 0.1) is 10.1 Å². The van der Waals surface area contributed by atoms with Gasteiger partial charge in [-0.3, -0.25) is 0 Å². The summed E-state index contributed by atoms with van der Waals surface area (Å²) >= 11 is 2.93. The molecule has 3 aromatic rings. The van der Waals surface area contributed by atoms with Crippen LogP contribution in [0.4, 0.5) is 11.9 Å². The zero-order valence-corrected chi connectivity index (χ0v) is 14.4. The Morgan fingerprint density at radius 3 is 2.78 bits per heavy atom. The van der Waals surface area contributed by atoms with Gasteiger partial charge >= 0.3 is 0 Å². The summed E-state index contributed by atoms with van der Waals surface area (Å²) in [6, 6.07) is 3.88. The number of nitrogens with zero attached hydrogens (tertiary/aromatic N) is 6. The molecule has 23 heavy (non-hydrogen) atoms. The van der Waals surface area contributed by atoms with E-state index in [1.165, 1.54) is 11.8 Å². The topological polar surface area (TPSA) is 107 Å². The molecule has 0 saturated carbocycles. The molecule has 3 heterocycles. The first-order chi connectivity index (χ1) is 11.0. The molecule has 0 spiro atoms. The number of thioether (sulfide) groups is 1. The molecule has 0 aliphatic heterocycles. The number of aromatic nitrogens is 5. The number of thiophene rings is 1. The number of nitrogens with two attached hydrogens (primary N) is 1. The van der Waals surface area contributed by atoms with E-state index in [4.69, 9.17) is 10.2 Å². The Kier molecular flexibility index (Phi) is 4.44. The monoisotopic (exact) mass is 349 g/mol. The SMILES string of the molecule is CC(Sc1nnc(-c2cccs2)o1)c1nc(N)nc(N(C)C)n1. The second-order valence-corrected chi connectivity index (χ2v) is 7.10. The maximum absolute atomic E-state index is 5.75. The summed E-state index contributed by atoms with van der Waals surface area (Å²) in [5, 5.41) is 10.4. The van der Waals surface area contributed by atoms with Crippen molar-refractivity contribution in [1.29, 1.82) is 0 Å². The second kappa shape index (κ2) is 6.50. The third kappa shape index (κ3) is 3.59. The van der Waals surface area contributed by atoms with Crippen molar-refractivity contribution in [1.82, 2.24) is 25.1 Å². The minimum atomic E-state index is -0.101. The van der Waals surface area contributed by atoms with Gasteiger partial charge < -0.3 is 15.1 Å². The molecule has 10 heteroatoms. The molecule has 3 aromatic heterocycles. The quantitative estimate of drug-likeness (QED) is 0.695. The van der Waals surface area contributed by atoms with E-state index in [0.29, 0.717) is 22.9 Å². The highest BCUT2D eigenvalue weighted by molar-refractivity contribution is 7.99. The molecule has 0 aliphatic rings. The van der Waals surface area contributed by atoms with Crippen molar-refractivity contribution in [3.63, 3.8) is 0 Å². The molecule has 120 valence electrons. The van der Waals surface area contributed by atoms with E-state index >= 15 is 0 Å². The molecule has 0 bridgehead atoms. The molecule has 3 rings (SSSR count). The lowest BCUT2D eigenvalue weighted by molar-refractivity contribution is 0.465. The van der Waals surface area contributed by atoms with Crippen LogP contribution in [0.1, 0.15) is 18.0 Å². The van der Waals surface area contributed by atoms with Crippen LogP contribution in [-0.4, -0.2) is 39.2 Å². The van der Waals surface area contributed by atoms with Crippen molar-refractivity contribution in [3.8, 4) is 10.8 Å². The Morgan fingerprint density at radius 2 is 2.09 bits per heavy atom. The third-order valence-corrected chi connectivity index (χ3v) is 4.63. The van der Waals surface area contributed by atoms with Crippen LogP contribution in [0.25, 0.3) is 10.8 Å². The van der Waals surface area contributed by atoms with E-state index in [0.717, 1.165) is 4.88 Å². The highest BCUT2D eigenvalue weighted by atomic mass is 32.2. The summed E-state index contributed by atoms with van der Waals surface area (Å²) in [5.41, 5.74) is 5.75. The summed E-state index contributed by atoms with van der Waals surface area (Å²) in [4.78, 5) is 15.4. The average molecular weight is 349 g/mol. The predicted molar refractivity (Wildman–Crippen MR) is 90.4 cm³/mol. The molecular weight excluding hydrogens is 334 g/mol. The fraction of sp³-hybridized carbons (Fsp3) is 0.308. The molecule has 0 amide bonds. The van der Waals surface area contributed by atoms with Gasteiger partial charge in [0.15, 0.2) is 0 Å². The summed E-state index contributed by atoms with van der Waals surface area (Å²) in [5.74, 6) is 1.79. The fourth-order valence-corrected chi connectivity index (χ4v) is 3.11. The summed E-state index contributed by atoms with van der Waals surface area (Å²) < 4.78 is 5.67. The van der Waals surface area contributed by atoms with Crippen LogP contribution in [0.3, 0.4) is 0 Å². The van der Waals surface area contributed by atoms with Gasteiger partial charge in [-0.1, -0.05) is 17.8 Å². The molecule has 0 aromatic carbocycles. The Labute approximate surface area is 141 Å². The first-order valence-electron chi connectivity index (χ1n) is 6.75. The van der Waals surface area contributed by atoms with Crippen LogP contribution in [0, 0.1) is 0 Å². The van der Waals surface area contributed by atoms with Gasteiger partial charge in [-0.2, -0.15) is 15.0 Å².